The van der Waals surface area contributed by atoms with Crippen LogP contribution < -0.4 is 0 Å². The van der Waals surface area contributed by atoms with Gasteiger partial charge in [0.15, 0.2) is 0 Å². The molecule has 1 unspecified atom stereocenters. The van der Waals surface area contributed by atoms with Crippen molar-refractivity contribution in [2.24, 2.45) is 5.92 Å². The molecule has 0 saturated heterocycles. The molecule has 2 heteroatoms. The molecule has 0 aliphatic heterocycles. The van der Waals surface area contributed by atoms with E-state index in [2.05, 4.69) is 12.1 Å². The van der Waals surface area contributed by atoms with Gasteiger partial charge in [0, 0.05) is 10.4 Å². The number of alkyl halides is 1. The summed E-state index contributed by atoms with van der Waals surface area (Å²) in [5.41, 5.74) is 1.30. The molecular weight excluding hydrogens is 239 g/mol. The number of halogens is 2. The van der Waals surface area contributed by atoms with E-state index < -0.39 is 0 Å². The van der Waals surface area contributed by atoms with E-state index in [0.29, 0.717) is 11.3 Å². The Morgan fingerprint density at radius 2 is 1.69 bits per heavy atom. The van der Waals surface area contributed by atoms with Gasteiger partial charge < -0.3 is 0 Å². The van der Waals surface area contributed by atoms with Gasteiger partial charge in [0.2, 0.25) is 0 Å². The smallest absolute Gasteiger partial charge is 0.0406 e. The molecule has 0 radical (unpaired) electrons. The molecule has 1 saturated carbocycles. The molecule has 1 aliphatic carbocycles. The molecule has 1 atom stereocenters. The van der Waals surface area contributed by atoms with Gasteiger partial charge in [-0.15, -0.1) is 11.6 Å². The van der Waals surface area contributed by atoms with Crippen LogP contribution in [0, 0.1) is 5.92 Å². The van der Waals surface area contributed by atoms with Crippen LogP contribution in [0.15, 0.2) is 24.3 Å². The zero-order chi connectivity index (χ0) is 11.4. The Kier molecular flexibility index (Phi) is 4.55. The zero-order valence-corrected chi connectivity index (χ0v) is 11.0. The lowest BCUT2D eigenvalue weighted by Crippen LogP contribution is -2.20. The zero-order valence-electron chi connectivity index (χ0n) is 9.46. The third-order valence-electron chi connectivity index (χ3n) is 3.51. The first-order valence-electron chi connectivity index (χ1n) is 6.14. The van der Waals surface area contributed by atoms with E-state index in [9.17, 15) is 0 Å². The minimum atomic E-state index is 0.293. The van der Waals surface area contributed by atoms with E-state index in [1.165, 1.54) is 37.7 Å². The molecule has 0 amide bonds. The van der Waals surface area contributed by atoms with E-state index in [4.69, 9.17) is 23.2 Å². The fraction of sp³-hybridized carbons (Fsp3) is 0.571. The van der Waals surface area contributed by atoms with Crippen molar-refractivity contribution >= 4 is 23.2 Å². The third kappa shape index (κ3) is 3.40. The summed E-state index contributed by atoms with van der Waals surface area (Å²) in [4.78, 5) is 0. The quantitative estimate of drug-likeness (QED) is 0.663. The van der Waals surface area contributed by atoms with Gasteiger partial charge in [0.25, 0.3) is 0 Å². The number of hydrogen-bond donors (Lipinski definition) is 0. The summed E-state index contributed by atoms with van der Waals surface area (Å²) in [5.74, 6) is 0.714. The average molecular weight is 257 g/mol. The molecule has 2 rings (SSSR count). The second-order valence-corrected chi connectivity index (χ2v) is 5.74. The molecule has 0 bridgehead atoms. The Morgan fingerprint density at radius 1 is 1.06 bits per heavy atom. The highest BCUT2D eigenvalue weighted by Gasteiger charge is 2.21. The lowest BCUT2D eigenvalue weighted by molar-refractivity contribution is 0.344. The Morgan fingerprint density at radius 3 is 2.31 bits per heavy atom. The lowest BCUT2D eigenvalue weighted by atomic mass is 9.85. The first kappa shape index (κ1) is 12.3. The van der Waals surface area contributed by atoms with Crippen LogP contribution in [0.2, 0.25) is 5.02 Å². The average Bonchev–Trinajstić information content (AvgIpc) is 2.33. The van der Waals surface area contributed by atoms with Crippen LogP contribution in [-0.2, 0) is 6.42 Å². The molecule has 1 aromatic rings. The SMILES string of the molecule is Clc1ccc(CC(Cl)C2CCCCC2)cc1. The topological polar surface area (TPSA) is 0 Å². The molecule has 0 nitrogen and oxygen atoms in total. The molecular formula is C14H18Cl2. The standard InChI is InChI=1S/C14H18Cl2/c15-13-8-6-11(7-9-13)10-14(16)12-4-2-1-3-5-12/h6-9,12,14H,1-5,10H2. The predicted molar refractivity (Wildman–Crippen MR) is 71.4 cm³/mol. The van der Waals surface area contributed by atoms with E-state index >= 15 is 0 Å². The lowest BCUT2D eigenvalue weighted by Gasteiger charge is -2.26. The normalized spacial score (nSPS) is 19.6. The molecule has 0 spiro atoms. The maximum atomic E-state index is 6.50. The van der Waals surface area contributed by atoms with E-state index in [0.717, 1.165) is 11.4 Å². The van der Waals surface area contributed by atoms with Crippen LogP contribution in [0.3, 0.4) is 0 Å². The van der Waals surface area contributed by atoms with E-state index in [1.54, 1.807) is 0 Å². The van der Waals surface area contributed by atoms with Gasteiger partial charge in [-0.3, -0.25) is 0 Å². The molecule has 1 fully saturated rings. The fourth-order valence-corrected chi connectivity index (χ4v) is 3.06. The second-order valence-electron chi connectivity index (χ2n) is 4.74. The maximum absolute atomic E-state index is 6.50. The van der Waals surface area contributed by atoms with Gasteiger partial charge >= 0.3 is 0 Å². The summed E-state index contributed by atoms with van der Waals surface area (Å²) in [7, 11) is 0. The molecule has 16 heavy (non-hydrogen) atoms. The summed E-state index contributed by atoms with van der Waals surface area (Å²) in [5, 5.41) is 1.09. The van der Waals surface area contributed by atoms with Crippen molar-refractivity contribution in [3.05, 3.63) is 34.9 Å². The summed E-state index contributed by atoms with van der Waals surface area (Å²) in [6.07, 6.45) is 7.69. The van der Waals surface area contributed by atoms with Crippen LogP contribution in [0.5, 0.6) is 0 Å². The highest BCUT2D eigenvalue weighted by molar-refractivity contribution is 6.30. The number of benzene rings is 1. The summed E-state index contributed by atoms with van der Waals surface area (Å²) < 4.78 is 0. The number of hydrogen-bond acceptors (Lipinski definition) is 0. The van der Waals surface area contributed by atoms with Gasteiger partial charge in [-0.1, -0.05) is 43.0 Å². The summed E-state index contributed by atoms with van der Waals surface area (Å²) >= 11 is 12.4. The molecule has 0 N–H and O–H groups in total. The minimum absolute atomic E-state index is 0.293. The van der Waals surface area contributed by atoms with Crippen molar-refractivity contribution < 1.29 is 0 Å². The Balaban J connectivity index is 1.90. The van der Waals surface area contributed by atoms with Crippen LogP contribution in [0.25, 0.3) is 0 Å². The van der Waals surface area contributed by atoms with Crippen molar-refractivity contribution in [1.29, 1.82) is 0 Å². The maximum Gasteiger partial charge on any atom is 0.0406 e. The Hall–Kier alpha value is -0.200. The molecule has 0 aromatic heterocycles. The monoisotopic (exact) mass is 256 g/mol. The molecule has 1 aliphatic rings. The van der Waals surface area contributed by atoms with Crippen LogP contribution in [0.4, 0.5) is 0 Å². The van der Waals surface area contributed by atoms with Gasteiger partial charge in [-0.25, -0.2) is 0 Å². The minimum Gasteiger partial charge on any atom is -0.122 e. The van der Waals surface area contributed by atoms with Crippen molar-refractivity contribution in [2.75, 3.05) is 0 Å². The highest BCUT2D eigenvalue weighted by atomic mass is 35.5. The first-order valence-corrected chi connectivity index (χ1v) is 6.95. The van der Waals surface area contributed by atoms with Gasteiger partial charge in [-0.2, -0.15) is 0 Å². The van der Waals surface area contributed by atoms with Crippen molar-refractivity contribution in [3.8, 4) is 0 Å². The van der Waals surface area contributed by atoms with Gasteiger partial charge in [0.1, 0.15) is 0 Å². The number of rotatable bonds is 3. The van der Waals surface area contributed by atoms with Crippen LogP contribution in [-0.4, -0.2) is 5.38 Å². The first-order chi connectivity index (χ1) is 7.75. The second kappa shape index (κ2) is 5.93. The van der Waals surface area contributed by atoms with Crippen molar-refractivity contribution in [3.63, 3.8) is 0 Å². The van der Waals surface area contributed by atoms with E-state index in [-0.39, 0.29) is 0 Å². The van der Waals surface area contributed by atoms with Crippen molar-refractivity contribution in [2.45, 2.75) is 43.9 Å². The Labute approximate surface area is 108 Å². The Bertz CT molecular complexity index is 312. The molecule has 0 heterocycles. The van der Waals surface area contributed by atoms with Crippen molar-refractivity contribution in [1.82, 2.24) is 0 Å². The summed E-state index contributed by atoms with van der Waals surface area (Å²) in [6, 6.07) is 8.06. The fourth-order valence-electron chi connectivity index (χ4n) is 2.51. The van der Waals surface area contributed by atoms with Gasteiger partial charge in [-0.05, 0) is 42.9 Å². The van der Waals surface area contributed by atoms with Crippen LogP contribution >= 0.6 is 23.2 Å². The van der Waals surface area contributed by atoms with Crippen LogP contribution in [0.1, 0.15) is 37.7 Å². The van der Waals surface area contributed by atoms with E-state index in [1.807, 2.05) is 12.1 Å². The van der Waals surface area contributed by atoms with Gasteiger partial charge in [0.05, 0.1) is 0 Å². The third-order valence-corrected chi connectivity index (χ3v) is 4.27. The summed E-state index contributed by atoms with van der Waals surface area (Å²) in [6.45, 7) is 0. The predicted octanol–water partition coefficient (Wildman–Crippen LogP) is 5.07. The highest BCUT2D eigenvalue weighted by Crippen LogP contribution is 2.31. The largest absolute Gasteiger partial charge is 0.122 e. The molecule has 1 aromatic carbocycles. The molecule has 88 valence electrons.